The smallest absolute Gasteiger partial charge is 0.225 e. The van der Waals surface area contributed by atoms with Gasteiger partial charge in [0.15, 0.2) is 0 Å². The lowest BCUT2D eigenvalue weighted by molar-refractivity contribution is -0.180. The Hall–Kier alpha value is -1.40. The van der Waals surface area contributed by atoms with Crippen molar-refractivity contribution in [2.75, 3.05) is 13.2 Å². The van der Waals surface area contributed by atoms with Crippen LogP contribution in [0.1, 0.15) is 44.2 Å². The van der Waals surface area contributed by atoms with E-state index in [1.807, 2.05) is 27.7 Å². The molecule has 0 aromatic carbocycles. The van der Waals surface area contributed by atoms with Crippen LogP contribution in [0.4, 0.5) is 0 Å². The number of aromatic nitrogens is 1. The Kier molecular flexibility index (Phi) is 4.63. The van der Waals surface area contributed by atoms with E-state index in [4.69, 9.17) is 9.26 Å². The molecule has 1 saturated carbocycles. The van der Waals surface area contributed by atoms with E-state index in [9.17, 15) is 9.90 Å². The zero-order valence-corrected chi connectivity index (χ0v) is 14.0. The first-order chi connectivity index (χ1) is 10.3. The molecule has 124 valence electrons. The first-order valence-corrected chi connectivity index (χ1v) is 7.72. The number of nitrogens with one attached hydrogen (secondary N) is 1. The molecule has 6 nitrogen and oxygen atoms in total. The van der Waals surface area contributed by atoms with E-state index in [-0.39, 0.29) is 30.5 Å². The molecule has 0 radical (unpaired) electrons. The van der Waals surface area contributed by atoms with Crippen molar-refractivity contribution in [1.82, 2.24) is 10.5 Å². The highest BCUT2D eigenvalue weighted by atomic mass is 16.5. The van der Waals surface area contributed by atoms with Gasteiger partial charge in [0.1, 0.15) is 5.76 Å². The van der Waals surface area contributed by atoms with Crippen LogP contribution in [0, 0.1) is 19.3 Å². The summed E-state index contributed by atoms with van der Waals surface area (Å²) in [5.74, 6) is 0.525. The number of carbonyl (C=O) groups excluding carboxylic acids is 1. The number of hydrogen-bond acceptors (Lipinski definition) is 5. The van der Waals surface area contributed by atoms with Crippen molar-refractivity contribution in [3.8, 4) is 0 Å². The van der Waals surface area contributed by atoms with Gasteiger partial charge < -0.3 is 19.7 Å². The summed E-state index contributed by atoms with van der Waals surface area (Å²) in [6, 6.07) is 0. The van der Waals surface area contributed by atoms with E-state index >= 15 is 0 Å². The molecule has 1 heterocycles. The molecule has 0 unspecified atom stereocenters. The van der Waals surface area contributed by atoms with Gasteiger partial charge in [0.2, 0.25) is 5.91 Å². The van der Waals surface area contributed by atoms with Gasteiger partial charge in [-0.3, -0.25) is 4.79 Å². The molecule has 0 aliphatic heterocycles. The summed E-state index contributed by atoms with van der Waals surface area (Å²) in [4.78, 5) is 12.4. The van der Waals surface area contributed by atoms with Gasteiger partial charge in [0.05, 0.1) is 30.4 Å². The Balaban J connectivity index is 2.07. The predicted octanol–water partition coefficient (Wildman–Crippen LogP) is 1.52. The summed E-state index contributed by atoms with van der Waals surface area (Å²) in [7, 11) is 0. The van der Waals surface area contributed by atoms with Gasteiger partial charge >= 0.3 is 0 Å². The minimum Gasteiger partial charge on any atom is -0.394 e. The Morgan fingerprint density at radius 1 is 1.50 bits per heavy atom. The van der Waals surface area contributed by atoms with Crippen LogP contribution in [0.25, 0.3) is 0 Å². The summed E-state index contributed by atoms with van der Waals surface area (Å²) < 4.78 is 10.8. The number of hydrogen-bond donors (Lipinski definition) is 2. The Morgan fingerprint density at radius 2 is 2.18 bits per heavy atom. The third kappa shape index (κ3) is 2.65. The lowest BCUT2D eigenvalue weighted by Gasteiger charge is -2.60. The molecule has 2 N–H and O–H groups in total. The maximum atomic E-state index is 12.4. The monoisotopic (exact) mass is 310 g/mol. The van der Waals surface area contributed by atoms with E-state index in [1.165, 1.54) is 0 Å². The Labute approximate surface area is 131 Å². The summed E-state index contributed by atoms with van der Waals surface area (Å²) in [5, 5.41) is 16.7. The second-order valence-electron chi connectivity index (χ2n) is 6.64. The molecule has 1 fully saturated rings. The topological polar surface area (TPSA) is 84.6 Å². The highest BCUT2D eigenvalue weighted by molar-refractivity contribution is 5.80. The van der Waals surface area contributed by atoms with Crippen LogP contribution in [0.15, 0.2) is 4.52 Å². The van der Waals surface area contributed by atoms with E-state index in [0.717, 1.165) is 11.3 Å². The maximum Gasteiger partial charge on any atom is 0.225 e. The van der Waals surface area contributed by atoms with Crippen LogP contribution in [-0.4, -0.2) is 41.0 Å². The van der Waals surface area contributed by atoms with Crippen molar-refractivity contribution in [2.24, 2.45) is 5.41 Å². The molecule has 1 aliphatic rings. The first-order valence-electron chi connectivity index (χ1n) is 7.72. The molecule has 22 heavy (non-hydrogen) atoms. The fourth-order valence-corrected chi connectivity index (χ4v) is 3.23. The minimum absolute atomic E-state index is 0.0454. The van der Waals surface area contributed by atoms with E-state index < -0.39 is 5.54 Å². The first kappa shape index (κ1) is 17.0. The van der Waals surface area contributed by atoms with Gasteiger partial charge in [-0.15, -0.1) is 0 Å². The molecule has 1 aliphatic carbocycles. The quantitative estimate of drug-likeness (QED) is 0.832. The van der Waals surface area contributed by atoms with Gasteiger partial charge in [-0.25, -0.2) is 0 Å². The molecule has 1 aromatic heterocycles. The van der Waals surface area contributed by atoms with Gasteiger partial charge in [-0.2, -0.15) is 0 Å². The van der Waals surface area contributed by atoms with E-state index in [0.29, 0.717) is 18.8 Å². The molecule has 2 atom stereocenters. The number of rotatable bonds is 6. The van der Waals surface area contributed by atoms with Crippen molar-refractivity contribution >= 4 is 5.91 Å². The van der Waals surface area contributed by atoms with Gasteiger partial charge in [0, 0.05) is 24.0 Å². The van der Waals surface area contributed by atoms with Crippen LogP contribution >= 0.6 is 0 Å². The number of ether oxygens (including phenoxy) is 1. The summed E-state index contributed by atoms with van der Waals surface area (Å²) in [6.07, 6.45) is 0.875. The van der Waals surface area contributed by atoms with Crippen LogP contribution < -0.4 is 5.32 Å². The molecule has 0 bridgehead atoms. The van der Waals surface area contributed by atoms with Crippen molar-refractivity contribution in [3.05, 3.63) is 17.0 Å². The van der Waals surface area contributed by atoms with Crippen molar-refractivity contribution in [2.45, 2.75) is 59.1 Å². The fourth-order valence-electron chi connectivity index (χ4n) is 3.23. The molecule has 0 spiro atoms. The third-order valence-electron chi connectivity index (χ3n) is 5.11. The van der Waals surface area contributed by atoms with Crippen molar-refractivity contribution < 1.29 is 19.2 Å². The normalized spacial score (nSPS) is 26.5. The van der Waals surface area contributed by atoms with Gasteiger partial charge in [0.25, 0.3) is 0 Å². The maximum absolute atomic E-state index is 12.4. The largest absolute Gasteiger partial charge is 0.394 e. The number of aliphatic hydroxyl groups excluding tert-OH is 1. The van der Waals surface area contributed by atoms with Crippen LogP contribution in [-0.2, 0) is 16.0 Å². The summed E-state index contributed by atoms with van der Waals surface area (Å²) in [5.41, 5.74) is 0.588. The summed E-state index contributed by atoms with van der Waals surface area (Å²) >= 11 is 0. The second kappa shape index (κ2) is 6.01. The standard InChI is InChI=1S/C16H26N2O4/c1-6-21-13-8-16(9-19,15(13,4)5)17-14(20)7-12-10(2)18-22-11(12)3/h13,19H,6-9H2,1-5H3,(H,17,20)/t13-,16-/m0/s1. The van der Waals surface area contributed by atoms with Crippen molar-refractivity contribution in [3.63, 3.8) is 0 Å². The zero-order valence-electron chi connectivity index (χ0n) is 14.0. The number of aliphatic hydroxyl groups is 1. The van der Waals surface area contributed by atoms with Gasteiger partial charge in [-0.05, 0) is 20.8 Å². The Bertz CT molecular complexity index is 533. The third-order valence-corrected chi connectivity index (χ3v) is 5.11. The molecule has 2 rings (SSSR count). The summed E-state index contributed by atoms with van der Waals surface area (Å²) in [6.45, 7) is 10.1. The van der Waals surface area contributed by atoms with Crippen LogP contribution in [0.2, 0.25) is 0 Å². The second-order valence-corrected chi connectivity index (χ2v) is 6.64. The van der Waals surface area contributed by atoms with Crippen molar-refractivity contribution in [1.29, 1.82) is 0 Å². The average molecular weight is 310 g/mol. The highest BCUT2D eigenvalue weighted by Crippen LogP contribution is 2.51. The highest BCUT2D eigenvalue weighted by Gasteiger charge is 2.61. The number of amides is 1. The van der Waals surface area contributed by atoms with Crippen LogP contribution in [0.3, 0.4) is 0 Å². The fraction of sp³-hybridized carbons (Fsp3) is 0.750. The zero-order chi connectivity index (χ0) is 16.5. The van der Waals surface area contributed by atoms with E-state index in [2.05, 4.69) is 10.5 Å². The molecule has 6 heteroatoms. The Morgan fingerprint density at radius 3 is 2.64 bits per heavy atom. The lowest BCUT2D eigenvalue weighted by atomic mass is 9.54. The lowest BCUT2D eigenvalue weighted by Crippen LogP contribution is -2.74. The van der Waals surface area contributed by atoms with Gasteiger partial charge in [-0.1, -0.05) is 19.0 Å². The SMILES string of the molecule is CCO[C@H]1C[C@@](CO)(NC(=O)Cc2c(C)noc2C)C1(C)C. The van der Waals surface area contributed by atoms with E-state index in [1.54, 1.807) is 6.92 Å². The number of aryl methyl sites for hydroxylation is 2. The average Bonchev–Trinajstić information content (AvgIpc) is 2.77. The minimum atomic E-state index is -0.636. The molecular formula is C16H26N2O4. The van der Waals surface area contributed by atoms with Crippen LogP contribution in [0.5, 0.6) is 0 Å². The molecular weight excluding hydrogens is 284 g/mol. The number of carbonyl (C=O) groups is 1. The molecule has 1 aromatic rings. The number of nitrogens with zero attached hydrogens (tertiary/aromatic N) is 1. The molecule has 0 saturated heterocycles. The predicted molar refractivity (Wildman–Crippen MR) is 81.5 cm³/mol. The molecule has 1 amide bonds.